The number of carbonyl (C=O) groups is 2. The minimum absolute atomic E-state index is 0.0718. The third-order valence-electron chi connectivity index (χ3n) is 1.58. The maximum absolute atomic E-state index is 10.6. The molecule has 0 saturated carbocycles. The van der Waals surface area contributed by atoms with Gasteiger partial charge in [0.15, 0.2) is 0 Å². The molecule has 4 heteroatoms. The minimum atomic E-state index is -1.12. The average Bonchev–Trinajstić information content (AvgIpc) is 1.88. The number of piperidine rings is 1. The zero-order valence-electron chi connectivity index (χ0n) is 5.42. The third-order valence-corrected chi connectivity index (χ3v) is 1.58. The molecule has 0 aromatic heterocycles. The number of hydrogen-bond acceptors (Lipinski definition) is 3. The van der Waals surface area contributed by atoms with Crippen LogP contribution in [-0.4, -0.2) is 18.4 Å². The molecule has 0 unspecified atom stereocenters. The largest absolute Gasteiger partial charge is 0.550 e. The monoisotopic (exact) mass is 142 g/mol. The first-order valence-electron chi connectivity index (χ1n) is 3.17. The number of aliphatic carboxylic acids is 1. The average molecular weight is 142 g/mol. The van der Waals surface area contributed by atoms with Crippen molar-refractivity contribution >= 4 is 11.9 Å². The molecule has 0 radical (unpaired) electrons. The number of nitrogens with one attached hydrogen (secondary N) is 1. The Kier molecular flexibility index (Phi) is 1.89. The third kappa shape index (κ3) is 1.46. The number of carboxylic acid groups (broad SMARTS) is 1. The second-order valence-corrected chi connectivity index (χ2v) is 2.36. The molecule has 56 valence electrons. The fourth-order valence-corrected chi connectivity index (χ4v) is 0.985. The molecule has 1 saturated heterocycles. The molecule has 1 fully saturated rings. The lowest BCUT2D eigenvalue weighted by Crippen LogP contribution is -2.41. The van der Waals surface area contributed by atoms with Crippen molar-refractivity contribution in [3.8, 4) is 0 Å². The summed E-state index contributed by atoms with van der Waals surface area (Å²) >= 11 is 0. The maximum Gasteiger partial charge on any atom is 0.220 e. The second-order valence-electron chi connectivity index (χ2n) is 2.36. The van der Waals surface area contributed by atoms with Gasteiger partial charge in [-0.05, 0) is 6.42 Å². The van der Waals surface area contributed by atoms with Crippen molar-refractivity contribution in [1.82, 2.24) is 5.32 Å². The fraction of sp³-hybridized carbons (Fsp3) is 0.667. The van der Waals surface area contributed by atoms with Gasteiger partial charge in [-0.25, -0.2) is 0 Å². The maximum atomic E-state index is 10.6. The Balaban J connectivity index is 2.47. The highest BCUT2D eigenvalue weighted by molar-refractivity contribution is 5.82. The van der Waals surface area contributed by atoms with Crippen LogP contribution in [-0.2, 0) is 9.59 Å². The van der Waals surface area contributed by atoms with Crippen LogP contribution in [0.15, 0.2) is 0 Å². The van der Waals surface area contributed by atoms with Gasteiger partial charge in [-0.1, -0.05) is 0 Å². The van der Waals surface area contributed by atoms with E-state index in [2.05, 4.69) is 5.32 Å². The molecule has 0 spiro atoms. The highest BCUT2D eigenvalue weighted by atomic mass is 16.4. The second kappa shape index (κ2) is 2.68. The first kappa shape index (κ1) is 7.05. The van der Waals surface area contributed by atoms with Crippen molar-refractivity contribution in [2.75, 3.05) is 6.54 Å². The predicted octanol–water partition coefficient (Wildman–Crippen LogP) is -1.74. The van der Waals surface area contributed by atoms with Crippen LogP contribution in [0.4, 0.5) is 0 Å². The van der Waals surface area contributed by atoms with Gasteiger partial charge in [-0.15, -0.1) is 0 Å². The molecule has 1 aliphatic rings. The molecule has 0 aromatic rings. The van der Waals surface area contributed by atoms with E-state index < -0.39 is 11.9 Å². The van der Waals surface area contributed by atoms with Crippen molar-refractivity contribution in [2.24, 2.45) is 5.92 Å². The first-order chi connectivity index (χ1) is 4.70. The highest BCUT2D eigenvalue weighted by Crippen LogP contribution is 2.10. The Hall–Kier alpha value is -1.06. The summed E-state index contributed by atoms with van der Waals surface area (Å²) in [6.07, 6.45) is 0.566. The summed E-state index contributed by atoms with van der Waals surface area (Å²) in [6.45, 7) is 0.456. The van der Waals surface area contributed by atoms with E-state index in [1.165, 1.54) is 0 Å². The van der Waals surface area contributed by atoms with Gasteiger partial charge in [0.05, 0.1) is 0 Å². The summed E-state index contributed by atoms with van der Waals surface area (Å²) < 4.78 is 0. The molecule has 4 nitrogen and oxygen atoms in total. The van der Waals surface area contributed by atoms with Crippen LogP contribution in [0.5, 0.6) is 0 Å². The molecular formula is C6H8NO3-. The lowest BCUT2D eigenvalue weighted by molar-refractivity contribution is -0.312. The molecule has 10 heavy (non-hydrogen) atoms. The van der Waals surface area contributed by atoms with E-state index in [9.17, 15) is 14.7 Å². The molecule has 1 amide bonds. The van der Waals surface area contributed by atoms with E-state index in [1.54, 1.807) is 0 Å². The van der Waals surface area contributed by atoms with Crippen molar-refractivity contribution in [1.29, 1.82) is 0 Å². The molecule has 1 atom stereocenters. The van der Waals surface area contributed by atoms with Gasteiger partial charge in [0.25, 0.3) is 0 Å². The topological polar surface area (TPSA) is 69.2 Å². The normalized spacial score (nSPS) is 25.6. The van der Waals surface area contributed by atoms with E-state index in [1.807, 2.05) is 0 Å². The molecule has 1 heterocycles. The Morgan fingerprint density at radius 2 is 2.40 bits per heavy atom. The van der Waals surface area contributed by atoms with Crippen LogP contribution >= 0.6 is 0 Å². The van der Waals surface area contributed by atoms with E-state index in [4.69, 9.17) is 0 Å². The lowest BCUT2D eigenvalue weighted by Gasteiger charge is -2.22. The van der Waals surface area contributed by atoms with Gasteiger partial charge in [0, 0.05) is 24.9 Å². The zero-order chi connectivity index (χ0) is 7.56. The summed E-state index contributed by atoms with van der Waals surface area (Å²) in [5, 5.41) is 12.7. The number of carbonyl (C=O) groups excluding carboxylic acids is 2. The summed E-state index contributed by atoms with van der Waals surface area (Å²) in [5.74, 6) is -1.89. The summed E-state index contributed by atoms with van der Waals surface area (Å²) in [5.41, 5.74) is 0. The SMILES string of the molecule is O=C1C[C@H](C(=O)[O-])CCN1. The van der Waals surface area contributed by atoms with Crippen LogP contribution < -0.4 is 10.4 Å². The van der Waals surface area contributed by atoms with E-state index in [0.29, 0.717) is 13.0 Å². The standard InChI is InChI=1S/C6H9NO3/c8-5-3-4(6(9)10)1-2-7-5/h4H,1-3H2,(H,7,8)(H,9,10)/p-1/t4-/m1/s1. The van der Waals surface area contributed by atoms with Gasteiger partial charge in [0.1, 0.15) is 0 Å². The quantitative estimate of drug-likeness (QED) is 0.472. The van der Waals surface area contributed by atoms with Crippen molar-refractivity contribution in [2.45, 2.75) is 12.8 Å². The van der Waals surface area contributed by atoms with Crippen molar-refractivity contribution in [3.63, 3.8) is 0 Å². The van der Waals surface area contributed by atoms with Crippen LogP contribution in [0.25, 0.3) is 0 Å². The fourth-order valence-electron chi connectivity index (χ4n) is 0.985. The smallest absolute Gasteiger partial charge is 0.220 e. The molecule has 0 aromatic carbocycles. The molecule has 0 bridgehead atoms. The number of amides is 1. The van der Waals surface area contributed by atoms with Gasteiger partial charge in [0.2, 0.25) is 5.91 Å². The Bertz CT molecular complexity index is 164. The Morgan fingerprint density at radius 3 is 2.80 bits per heavy atom. The van der Waals surface area contributed by atoms with E-state index in [0.717, 1.165) is 0 Å². The van der Waals surface area contributed by atoms with E-state index >= 15 is 0 Å². The molecule has 0 aliphatic carbocycles. The van der Waals surface area contributed by atoms with Crippen LogP contribution in [0, 0.1) is 5.92 Å². The molecule has 1 aliphatic heterocycles. The molecule has 1 N–H and O–H groups in total. The summed E-state index contributed by atoms with van der Waals surface area (Å²) in [6, 6.07) is 0. The summed E-state index contributed by atoms with van der Waals surface area (Å²) in [7, 11) is 0. The van der Waals surface area contributed by atoms with Gasteiger partial charge in [-0.2, -0.15) is 0 Å². The van der Waals surface area contributed by atoms with Gasteiger partial charge in [-0.3, -0.25) is 4.79 Å². The van der Waals surface area contributed by atoms with Gasteiger partial charge >= 0.3 is 0 Å². The highest BCUT2D eigenvalue weighted by Gasteiger charge is 2.19. The predicted molar refractivity (Wildman–Crippen MR) is 30.7 cm³/mol. The first-order valence-corrected chi connectivity index (χ1v) is 3.17. The van der Waals surface area contributed by atoms with Gasteiger partial charge < -0.3 is 15.2 Å². The summed E-state index contributed by atoms with van der Waals surface area (Å²) in [4.78, 5) is 20.8. The number of hydrogen-bond donors (Lipinski definition) is 1. The lowest BCUT2D eigenvalue weighted by atomic mass is 9.98. The van der Waals surface area contributed by atoms with Crippen LogP contribution in [0.1, 0.15) is 12.8 Å². The number of rotatable bonds is 1. The van der Waals surface area contributed by atoms with E-state index in [-0.39, 0.29) is 12.3 Å². The Morgan fingerprint density at radius 1 is 1.70 bits per heavy atom. The van der Waals surface area contributed by atoms with Crippen molar-refractivity contribution in [3.05, 3.63) is 0 Å². The number of carboxylic acids is 1. The Labute approximate surface area is 58.2 Å². The molecular weight excluding hydrogens is 134 g/mol. The molecule has 1 rings (SSSR count). The van der Waals surface area contributed by atoms with Crippen molar-refractivity contribution < 1.29 is 14.7 Å². The van der Waals surface area contributed by atoms with Crippen LogP contribution in [0.2, 0.25) is 0 Å². The zero-order valence-corrected chi connectivity index (χ0v) is 5.42. The minimum Gasteiger partial charge on any atom is -0.550 e. The van der Waals surface area contributed by atoms with Crippen LogP contribution in [0.3, 0.4) is 0 Å².